The van der Waals surface area contributed by atoms with Crippen molar-refractivity contribution in [3.05, 3.63) is 28.4 Å². The minimum atomic E-state index is -0.860. The summed E-state index contributed by atoms with van der Waals surface area (Å²) in [6.07, 6.45) is 1.64. The van der Waals surface area contributed by atoms with Crippen LogP contribution in [0.25, 0.3) is 0 Å². The molecule has 2 N–H and O–H groups in total. The molecule has 0 saturated heterocycles. The van der Waals surface area contributed by atoms with Gasteiger partial charge >= 0.3 is 5.97 Å². The van der Waals surface area contributed by atoms with Gasteiger partial charge in [-0.3, -0.25) is 14.9 Å². The zero-order valence-corrected chi connectivity index (χ0v) is 10.2. The molecule has 0 saturated carbocycles. The number of nitrogens with one attached hydrogen (secondary N) is 1. The van der Waals surface area contributed by atoms with E-state index in [4.69, 9.17) is 5.11 Å². The number of pyridine rings is 1. The first-order valence-electron chi connectivity index (χ1n) is 5.40. The Morgan fingerprint density at radius 2 is 2.22 bits per heavy atom. The average molecular weight is 253 g/mol. The molecule has 1 heterocycles. The smallest absolute Gasteiger partial charge is 0.303 e. The Kier molecular flexibility index (Phi) is 4.19. The van der Waals surface area contributed by atoms with E-state index in [1.165, 1.54) is 12.1 Å². The van der Waals surface area contributed by atoms with E-state index < -0.39 is 16.4 Å². The zero-order chi connectivity index (χ0) is 13.8. The van der Waals surface area contributed by atoms with Gasteiger partial charge in [0, 0.05) is 18.0 Å². The Labute approximate surface area is 104 Å². The van der Waals surface area contributed by atoms with Gasteiger partial charge in [0.2, 0.25) is 0 Å². The lowest BCUT2D eigenvalue weighted by atomic mass is 9.98. The minimum absolute atomic E-state index is 0.0486. The van der Waals surface area contributed by atoms with Gasteiger partial charge in [-0.1, -0.05) is 0 Å². The summed E-state index contributed by atoms with van der Waals surface area (Å²) in [5.41, 5.74) is -0.523. The fourth-order valence-corrected chi connectivity index (χ4v) is 1.40. The van der Waals surface area contributed by atoms with Crippen molar-refractivity contribution in [1.82, 2.24) is 4.98 Å². The molecule has 1 aromatic heterocycles. The van der Waals surface area contributed by atoms with Gasteiger partial charge < -0.3 is 10.4 Å². The number of aromatic nitrogens is 1. The first kappa shape index (κ1) is 13.9. The summed E-state index contributed by atoms with van der Waals surface area (Å²) in [5, 5.41) is 22.1. The van der Waals surface area contributed by atoms with E-state index in [0.29, 0.717) is 12.2 Å². The number of hydrogen-bond donors (Lipinski definition) is 2. The van der Waals surface area contributed by atoms with Crippen LogP contribution in [0.1, 0.15) is 26.7 Å². The van der Waals surface area contributed by atoms with E-state index in [0.717, 1.165) is 6.20 Å². The highest BCUT2D eigenvalue weighted by atomic mass is 16.6. The molecule has 0 spiro atoms. The molecule has 1 aromatic rings. The first-order chi connectivity index (χ1) is 8.30. The average Bonchev–Trinajstić information content (AvgIpc) is 2.27. The lowest BCUT2D eigenvalue weighted by Crippen LogP contribution is -2.31. The third-order valence-corrected chi connectivity index (χ3v) is 2.39. The Morgan fingerprint density at radius 1 is 1.56 bits per heavy atom. The third-order valence-electron chi connectivity index (χ3n) is 2.39. The second-order valence-electron chi connectivity index (χ2n) is 4.56. The van der Waals surface area contributed by atoms with Crippen LogP contribution in [0.4, 0.5) is 11.5 Å². The highest BCUT2D eigenvalue weighted by Gasteiger charge is 2.19. The fraction of sp³-hybridized carbons (Fsp3) is 0.455. The molecule has 0 unspecified atom stereocenters. The zero-order valence-electron chi connectivity index (χ0n) is 10.2. The van der Waals surface area contributed by atoms with Crippen molar-refractivity contribution < 1.29 is 14.8 Å². The predicted octanol–water partition coefficient (Wildman–Crippen LogP) is 2.05. The summed E-state index contributed by atoms with van der Waals surface area (Å²) in [4.78, 5) is 24.3. The molecule has 7 heteroatoms. The van der Waals surface area contributed by atoms with Crippen LogP contribution in [0.3, 0.4) is 0 Å². The van der Waals surface area contributed by atoms with Crippen LogP contribution in [0, 0.1) is 10.1 Å². The molecule has 98 valence electrons. The molecule has 0 aliphatic heterocycles. The second kappa shape index (κ2) is 5.44. The summed E-state index contributed by atoms with van der Waals surface area (Å²) in [5.74, 6) is -0.377. The van der Waals surface area contributed by atoms with Gasteiger partial charge in [0.05, 0.1) is 4.92 Å². The van der Waals surface area contributed by atoms with Crippen molar-refractivity contribution in [1.29, 1.82) is 0 Å². The SMILES string of the molecule is CC(C)(CCC(=O)O)Nc1ccc([N+](=O)[O-])cn1. The summed E-state index contributed by atoms with van der Waals surface area (Å²) in [7, 11) is 0. The molecule has 0 bridgehead atoms. The lowest BCUT2D eigenvalue weighted by Gasteiger charge is -2.26. The van der Waals surface area contributed by atoms with E-state index in [-0.39, 0.29) is 12.1 Å². The highest BCUT2D eigenvalue weighted by molar-refractivity contribution is 5.66. The molecule has 18 heavy (non-hydrogen) atoms. The summed E-state index contributed by atoms with van der Waals surface area (Å²) < 4.78 is 0. The van der Waals surface area contributed by atoms with Gasteiger partial charge in [-0.05, 0) is 26.3 Å². The number of hydrogen-bond acceptors (Lipinski definition) is 5. The number of carboxylic acids is 1. The number of anilines is 1. The summed E-state index contributed by atoms with van der Waals surface area (Å²) >= 11 is 0. The van der Waals surface area contributed by atoms with Gasteiger partial charge in [-0.15, -0.1) is 0 Å². The largest absolute Gasteiger partial charge is 0.481 e. The number of rotatable bonds is 6. The molecular formula is C11H15N3O4. The normalized spacial score (nSPS) is 11.0. The topological polar surface area (TPSA) is 105 Å². The molecule has 0 amide bonds. The molecule has 7 nitrogen and oxygen atoms in total. The quantitative estimate of drug-likeness (QED) is 0.593. The Balaban J connectivity index is 2.65. The first-order valence-corrected chi connectivity index (χ1v) is 5.40. The van der Waals surface area contributed by atoms with Crippen molar-refractivity contribution in [2.45, 2.75) is 32.2 Å². The number of nitrogens with zero attached hydrogens (tertiary/aromatic N) is 2. The third kappa shape index (κ3) is 4.36. The number of aliphatic carboxylic acids is 1. The molecule has 0 aromatic carbocycles. The van der Waals surface area contributed by atoms with Gasteiger partial charge in [-0.2, -0.15) is 0 Å². The minimum Gasteiger partial charge on any atom is -0.481 e. The molecule has 0 atom stereocenters. The van der Waals surface area contributed by atoms with Gasteiger partial charge in [-0.25, -0.2) is 4.98 Å². The van der Waals surface area contributed by atoms with Crippen molar-refractivity contribution in [3.63, 3.8) is 0 Å². The van der Waals surface area contributed by atoms with Gasteiger partial charge in [0.25, 0.3) is 5.69 Å². The van der Waals surface area contributed by atoms with Crippen LogP contribution < -0.4 is 5.32 Å². The maximum absolute atomic E-state index is 10.5. The van der Waals surface area contributed by atoms with E-state index in [1.807, 2.05) is 13.8 Å². The lowest BCUT2D eigenvalue weighted by molar-refractivity contribution is -0.385. The van der Waals surface area contributed by atoms with Crippen molar-refractivity contribution >= 4 is 17.5 Å². The van der Waals surface area contributed by atoms with Crippen molar-refractivity contribution in [3.8, 4) is 0 Å². The number of carbonyl (C=O) groups is 1. The molecule has 0 aliphatic rings. The molecule has 0 aliphatic carbocycles. The van der Waals surface area contributed by atoms with Crippen LogP contribution in [0.15, 0.2) is 18.3 Å². The van der Waals surface area contributed by atoms with Crippen LogP contribution in [0.5, 0.6) is 0 Å². The Morgan fingerprint density at radius 3 is 2.67 bits per heavy atom. The Bertz CT molecular complexity index is 442. The summed E-state index contributed by atoms with van der Waals surface area (Å²) in [6, 6.07) is 2.85. The summed E-state index contributed by atoms with van der Waals surface area (Å²) in [6.45, 7) is 3.69. The van der Waals surface area contributed by atoms with Crippen molar-refractivity contribution in [2.75, 3.05) is 5.32 Å². The van der Waals surface area contributed by atoms with E-state index in [1.54, 1.807) is 0 Å². The van der Waals surface area contributed by atoms with Crippen LogP contribution >= 0.6 is 0 Å². The van der Waals surface area contributed by atoms with E-state index in [9.17, 15) is 14.9 Å². The highest BCUT2D eigenvalue weighted by Crippen LogP contribution is 2.19. The number of nitro groups is 1. The van der Waals surface area contributed by atoms with Crippen molar-refractivity contribution in [2.24, 2.45) is 0 Å². The molecule has 0 radical (unpaired) electrons. The van der Waals surface area contributed by atoms with E-state index >= 15 is 0 Å². The maximum atomic E-state index is 10.5. The molecule has 1 rings (SSSR count). The molecule has 0 fully saturated rings. The van der Waals surface area contributed by atoms with E-state index in [2.05, 4.69) is 10.3 Å². The standard InChI is InChI=1S/C11H15N3O4/c1-11(2,6-5-10(15)16)13-9-4-3-8(7-12-9)14(17)18/h3-4,7H,5-6H2,1-2H3,(H,12,13)(H,15,16). The second-order valence-corrected chi connectivity index (χ2v) is 4.56. The fourth-order valence-electron chi connectivity index (χ4n) is 1.40. The van der Waals surface area contributed by atoms with Gasteiger partial charge in [0.15, 0.2) is 0 Å². The van der Waals surface area contributed by atoms with Crippen LogP contribution in [-0.2, 0) is 4.79 Å². The van der Waals surface area contributed by atoms with Gasteiger partial charge in [0.1, 0.15) is 12.0 Å². The molecular weight excluding hydrogens is 238 g/mol. The monoisotopic (exact) mass is 253 g/mol. The predicted molar refractivity (Wildman–Crippen MR) is 65.5 cm³/mol. The Hall–Kier alpha value is -2.18. The van der Waals surface area contributed by atoms with Crippen LogP contribution in [0.2, 0.25) is 0 Å². The van der Waals surface area contributed by atoms with Crippen LogP contribution in [-0.4, -0.2) is 26.5 Å². The number of carboxylic acid groups (broad SMARTS) is 1. The maximum Gasteiger partial charge on any atom is 0.303 e.